The van der Waals surface area contributed by atoms with Gasteiger partial charge < -0.3 is 10.4 Å². The van der Waals surface area contributed by atoms with Crippen LogP contribution in [-0.4, -0.2) is 23.5 Å². The summed E-state index contributed by atoms with van der Waals surface area (Å²) in [6.07, 6.45) is 0.570. The molecule has 0 atom stereocenters. The standard InChI is InChI=1S/C13H13NO3/c1-10(15)14-9-3-2-4-11-5-7-12(8-6-11)13(16)17/h5-8H,3,9H2,1H3,(H,14,15)(H,16,17). The third-order valence-electron chi connectivity index (χ3n) is 1.99. The van der Waals surface area contributed by atoms with Crippen LogP contribution in [0.2, 0.25) is 0 Å². The predicted octanol–water partition coefficient (Wildman–Crippen LogP) is 1.26. The molecule has 0 saturated heterocycles. The average Bonchev–Trinajstić information content (AvgIpc) is 2.29. The van der Waals surface area contributed by atoms with Gasteiger partial charge >= 0.3 is 5.97 Å². The van der Waals surface area contributed by atoms with Crippen LogP contribution in [0.3, 0.4) is 0 Å². The molecule has 2 N–H and O–H groups in total. The summed E-state index contributed by atoms with van der Waals surface area (Å²) in [5.74, 6) is 4.76. The fourth-order valence-corrected chi connectivity index (χ4v) is 1.16. The third-order valence-corrected chi connectivity index (χ3v) is 1.99. The van der Waals surface area contributed by atoms with Crippen molar-refractivity contribution in [2.75, 3.05) is 6.54 Å². The Morgan fingerprint density at radius 2 is 1.94 bits per heavy atom. The van der Waals surface area contributed by atoms with E-state index < -0.39 is 5.97 Å². The van der Waals surface area contributed by atoms with Crippen molar-refractivity contribution in [3.8, 4) is 11.8 Å². The van der Waals surface area contributed by atoms with Gasteiger partial charge in [0.25, 0.3) is 0 Å². The molecule has 0 unspecified atom stereocenters. The van der Waals surface area contributed by atoms with E-state index in [1.54, 1.807) is 12.1 Å². The molecule has 0 bridgehead atoms. The smallest absolute Gasteiger partial charge is 0.335 e. The number of hydrogen-bond donors (Lipinski definition) is 2. The maximum atomic E-state index is 10.6. The summed E-state index contributed by atoms with van der Waals surface area (Å²) in [7, 11) is 0. The molecular weight excluding hydrogens is 218 g/mol. The van der Waals surface area contributed by atoms with Gasteiger partial charge in [-0.15, -0.1) is 0 Å². The molecular formula is C13H13NO3. The van der Waals surface area contributed by atoms with Crippen molar-refractivity contribution in [2.45, 2.75) is 13.3 Å². The lowest BCUT2D eigenvalue weighted by Gasteiger charge is -1.95. The molecule has 1 aromatic carbocycles. The predicted molar refractivity (Wildman–Crippen MR) is 63.6 cm³/mol. The lowest BCUT2D eigenvalue weighted by atomic mass is 10.1. The summed E-state index contributed by atoms with van der Waals surface area (Å²) in [5, 5.41) is 11.3. The van der Waals surface area contributed by atoms with Gasteiger partial charge in [-0.1, -0.05) is 11.8 Å². The molecule has 0 aliphatic carbocycles. The number of hydrogen-bond acceptors (Lipinski definition) is 2. The molecule has 4 heteroatoms. The lowest BCUT2D eigenvalue weighted by Crippen LogP contribution is -2.20. The van der Waals surface area contributed by atoms with E-state index in [4.69, 9.17) is 5.11 Å². The van der Waals surface area contributed by atoms with E-state index in [2.05, 4.69) is 17.2 Å². The quantitative estimate of drug-likeness (QED) is 0.608. The highest BCUT2D eigenvalue weighted by Crippen LogP contribution is 2.02. The molecule has 1 aromatic rings. The van der Waals surface area contributed by atoms with Crippen molar-refractivity contribution in [1.29, 1.82) is 0 Å². The number of aromatic carboxylic acids is 1. The summed E-state index contributed by atoms with van der Waals surface area (Å²) in [6.45, 7) is 1.98. The summed E-state index contributed by atoms with van der Waals surface area (Å²) in [4.78, 5) is 21.2. The Morgan fingerprint density at radius 1 is 1.29 bits per heavy atom. The van der Waals surface area contributed by atoms with Crippen LogP contribution in [-0.2, 0) is 4.79 Å². The fourth-order valence-electron chi connectivity index (χ4n) is 1.16. The highest BCUT2D eigenvalue weighted by atomic mass is 16.4. The van der Waals surface area contributed by atoms with Crippen molar-refractivity contribution in [1.82, 2.24) is 5.32 Å². The highest BCUT2D eigenvalue weighted by Gasteiger charge is 1.99. The number of carboxylic acids is 1. The molecule has 88 valence electrons. The van der Waals surface area contributed by atoms with E-state index in [9.17, 15) is 9.59 Å². The Balaban J connectivity index is 2.49. The van der Waals surface area contributed by atoms with Gasteiger partial charge in [-0.2, -0.15) is 0 Å². The second-order valence-electron chi connectivity index (χ2n) is 3.42. The van der Waals surface area contributed by atoms with E-state index in [0.29, 0.717) is 13.0 Å². The van der Waals surface area contributed by atoms with Crippen molar-refractivity contribution >= 4 is 11.9 Å². The zero-order valence-corrected chi connectivity index (χ0v) is 9.49. The molecule has 0 aliphatic rings. The first-order valence-electron chi connectivity index (χ1n) is 5.16. The van der Waals surface area contributed by atoms with Crippen molar-refractivity contribution in [3.05, 3.63) is 35.4 Å². The van der Waals surface area contributed by atoms with Gasteiger partial charge in [0, 0.05) is 25.5 Å². The van der Waals surface area contributed by atoms with E-state index in [-0.39, 0.29) is 11.5 Å². The summed E-state index contributed by atoms with van der Waals surface area (Å²) < 4.78 is 0. The zero-order valence-electron chi connectivity index (χ0n) is 9.49. The minimum Gasteiger partial charge on any atom is -0.478 e. The number of carboxylic acid groups (broad SMARTS) is 1. The molecule has 17 heavy (non-hydrogen) atoms. The molecule has 0 fully saturated rings. The van der Waals surface area contributed by atoms with Gasteiger partial charge in [0.1, 0.15) is 0 Å². The van der Waals surface area contributed by atoms with E-state index >= 15 is 0 Å². The normalized spacial score (nSPS) is 9.00. The maximum absolute atomic E-state index is 10.6. The van der Waals surface area contributed by atoms with Crippen molar-refractivity contribution in [2.24, 2.45) is 0 Å². The van der Waals surface area contributed by atoms with E-state index in [0.717, 1.165) is 5.56 Å². The molecule has 0 spiro atoms. The molecule has 0 saturated carbocycles. The van der Waals surface area contributed by atoms with Crippen LogP contribution in [0.4, 0.5) is 0 Å². The van der Waals surface area contributed by atoms with Crippen LogP contribution in [0.1, 0.15) is 29.3 Å². The number of amides is 1. The van der Waals surface area contributed by atoms with Gasteiger partial charge in [0.2, 0.25) is 5.91 Å². The first-order valence-corrected chi connectivity index (χ1v) is 5.16. The first kappa shape index (κ1) is 12.8. The second kappa shape index (κ2) is 6.33. The molecule has 4 nitrogen and oxygen atoms in total. The molecule has 0 radical (unpaired) electrons. The van der Waals surface area contributed by atoms with Crippen LogP contribution in [0, 0.1) is 11.8 Å². The number of benzene rings is 1. The summed E-state index contributed by atoms with van der Waals surface area (Å²) in [5.41, 5.74) is 1.01. The third kappa shape index (κ3) is 4.85. The van der Waals surface area contributed by atoms with Gasteiger partial charge in [-0.3, -0.25) is 4.79 Å². The Hall–Kier alpha value is -2.28. The van der Waals surface area contributed by atoms with E-state index in [1.165, 1.54) is 19.1 Å². The van der Waals surface area contributed by atoms with E-state index in [1.807, 2.05) is 0 Å². The first-order chi connectivity index (χ1) is 8.09. The number of carbonyl (C=O) groups excluding carboxylic acids is 1. The van der Waals surface area contributed by atoms with Gasteiger partial charge in [-0.25, -0.2) is 4.79 Å². The molecule has 0 aliphatic heterocycles. The number of nitrogens with one attached hydrogen (secondary N) is 1. The van der Waals surface area contributed by atoms with Crippen LogP contribution in [0.15, 0.2) is 24.3 Å². The number of carbonyl (C=O) groups is 2. The Labute approximate surface area is 99.7 Å². The SMILES string of the molecule is CC(=O)NCCC#Cc1ccc(C(=O)O)cc1. The van der Waals surface area contributed by atoms with Crippen molar-refractivity contribution in [3.63, 3.8) is 0 Å². The molecule has 0 heterocycles. The minimum atomic E-state index is -0.949. The zero-order chi connectivity index (χ0) is 12.7. The summed E-state index contributed by atoms with van der Waals surface area (Å²) in [6, 6.07) is 6.35. The van der Waals surface area contributed by atoms with Crippen molar-refractivity contribution < 1.29 is 14.7 Å². The largest absolute Gasteiger partial charge is 0.478 e. The second-order valence-corrected chi connectivity index (χ2v) is 3.42. The maximum Gasteiger partial charge on any atom is 0.335 e. The van der Waals surface area contributed by atoms with Gasteiger partial charge in [0.15, 0.2) is 0 Å². The lowest BCUT2D eigenvalue weighted by molar-refractivity contribution is -0.118. The van der Waals surface area contributed by atoms with Gasteiger partial charge in [0.05, 0.1) is 5.56 Å². The number of rotatable bonds is 3. The van der Waals surface area contributed by atoms with Crippen LogP contribution in [0.5, 0.6) is 0 Å². The van der Waals surface area contributed by atoms with Crippen LogP contribution < -0.4 is 5.32 Å². The monoisotopic (exact) mass is 231 g/mol. The topological polar surface area (TPSA) is 66.4 Å². The fraction of sp³-hybridized carbons (Fsp3) is 0.231. The van der Waals surface area contributed by atoms with Crippen LogP contribution >= 0.6 is 0 Å². The van der Waals surface area contributed by atoms with Gasteiger partial charge in [-0.05, 0) is 24.3 Å². The Morgan fingerprint density at radius 3 is 2.47 bits per heavy atom. The van der Waals surface area contributed by atoms with Crippen LogP contribution in [0.25, 0.3) is 0 Å². The summed E-state index contributed by atoms with van der Waals surface area (Å²) >= 11 is 0. The molecule has 0 aromatic heterocycles. The Bertz CT molecular complexity index is 466. The Kier molecular flexibility index (Phi) is 4.77. The average molecular weight is 231 g/mol. The molecule has 1 amide bonds. The minimum absolute atomic E-state index is 0.0717. The molecule has 1 rings (SSSR count). The highest BCUT2D eigenvalue weighted by molar-refractivity contribution is 5.87.